The number of esters is 2. The van der Waals surface area contributed by atoms with Crippen molar-refractivity contribution in [2.24, 2.45) is 0 Å². The molecule has 0 aromatic carbocycles. The molecule has 0 aliphatic heterocycles. The first-order valence-electron chi connectivity index (χ1n) is 10.6. The second-order valence-corrected chi connectivity index (χ2v) is 7.25. The Kier molecular flexibility index (Phi) is 19.9. The van der Waals surface area contributed by atoms with Crippen LogP contribution in [0.25, 0.3) is 0 Å². The lowest BCUT2D eigenvalue weighted by Crippen LogP contribution is -2.05. The van der Waals surface area contributed by atoms with E-state index in [4.69, 9.17) is 21.1 Å². The molecule has 0 aliphatic rings. The van der Waals surface area contributed by atoms with Gasteiger partial charge >= 0.3 is 11.9 Å². The second-order valence-electron chi connectivity index (χ2n) is 6.87. The van der Waals surface area contributed by atoms with Gasteiger partial charge in [-0.1, -0.05) is 58.3 Å². The van der Waals surface area contributed by atoms with E-state index in [2.05, 4.69) is 0 Å². The number of unbranched alkanes of at least 4 members (excludes halogenated alkanes) is 10. The van der Waals surface area contributed by atoms with Crippen LogP contribution in [0.3, 0.4) is 0 Å². The maximum absolute atomic E-state index is 11.6. The van der Waals surface area contributed by atoms with Crippen LogP contribution in [0.5, 0.6) is 0 Å². The first kappa shape index (κ1) is 25.2. The highest BCUT2D eigenvalue weighted by atomic mass is 35.5. The molecule has 0 atom stereocenters. The van der Waals surface area contributed by atoms with Gasteiger partial charge in [-0.3, -0.25) is 9.59 Å². The third-order valence-corrected chi connectivity index (χ3v) is 4.54. The van der Waals surface area contributed by atoms with Crippen molar-refractivity contribution in [3.63, 3.8) is 0 Å². The third kappa shape index (κ3) is 19.6. The van der Waals surface area contributed by atoms with E-state index in [1.54, 1.807) is 0 Å². The Morgan fingerprint density at radius 3 is 1.54 bits per heavy atom. The largest absolute Gasteiger partial charge is 0.466 e. The summed E-state index contributed by atoms with van der Waals surface area (Å²) in [5.41, 5.74) is 0. The van der Waals surface area contributed by atoms with Crippen LogP contribution in [0, 0.1) is 0 Å². The number of hydrogen-bond acceptors (Lipinski definition) is 4. The average molecular weight is 391 g/mol. The molecule has 0 aliphatic carbocycles. The number of carbonyl (C=O) groups excluding carboxylic acids is 2. The molecule has 0 fully saturated rings. The Labute approximate surface area is 165 Å². The van der Waals surface area contributed by atoms with Crippen LogP contribution in [0.1, 0.15) is 103 Å². The molecule has 0 spiro atoms. The quantitative estimate of drug-likeness (QED) is 0.150. The van der Waals surface area contributed by atoms with Crippen molar-refractivity contribution in [2.45, 2.75) is 103 Å². The van der Waals surface area contributed by atoms with E-state index in [9.17, 15) is 9.59 Å². The fraction of sp³-hybridized carbons (Fsp3) is 0.905. The molecule has 0 saturated carbocycles. The summed E-state index contributed by atoms with van der Waals surface area (Å²) in [7, 11) is 0. The van der Waals surface area contributed by atoms with Crippen molar-refractivity contribution < 1.29 is 19.1 Å². The molecule has 26 heavy (non-hydrogen) atoms. The maximum Gasteiger partial charge on any atom is 0.305 e. The van der Waals surface area contributed by atoms with Crippen LogP contribution in [0.4, 0.5) is 0 Å². The average Bonchev–Trinajstić information content (AvgIpc) is 2.64. The highest BCUT2D eigenvalue weighted by Gasteiger charge is 2.04. The SMILES string of the molecule is CCCOC(=O)CCCCCCCCC(=O)OCCCCCCCCCl. The molecule has 154 valence electrons. The molecule has 0 aromatic heterocycles. The van der Waals surface area contributed by atoms with Crippen LogP contribution in [-0.4, -0.2) is 31.0 Å². The lowest BCUT2D eigenvalue weighted by atomic mass is 10.1. The summed E-state index contributed by atoms with van der Waals surface area (Å²) in [6.45, 7) is 3.08. The predicted octanol–water partition coefficient (Wildman–Crippen LogP) is 6.18. The topological polar surface area (TPSA) is 52.6 Å². The van der Waals surface area contributed by atoms with E-state index in [0.29, 0.717) is 26.1 Å². The zero-order valence-electron chi connectivity index (χ0n) is 16.7. The molecule has 0 saturated heterocycles. The van der Waals surface area contributed by atoms with E-state index in [1.807, 2.05) is 6.92 Å². The van der Waals surface area contributed by atoms with Gasteiger partial charge < -0.3 is 9.47 Å². The van der Waals surface area contributed by atoms with Crippen molar-refractivity contribution in [3.8, 4) is 0 Å². The number of carbonyl (C=O) groups is 2. The number of ether oxygens (including phenoxy) is 2. The van der Waals surface area contributed by atoms with E-state index in [0.717, 1.165) is 70.1 Å². The molecule has 5 heteroatoms. The van der Waals surface area contributed by atoms with Crippen molar-refractivity contribution >= 4 is 23.5 Å². The van der Waals surface area contributed by atoms with Gasteiger partial charge in [0.15, 0.2) is 0 Å². The van der Waals surface area contributed by atoms with Gasteiger partial charge in [-0.2, -0.15) is 0 Å². The Bertz CT molecular complexity index is 334. The fourth-order valence-corrected chi connectivity index (χ4v) is 2.88. The highest BCUT2D eigenvalue weighted by molar-refractivity contribution is 6.17. The molecule has 4 nitrogen and oxygen atoms in total. The first-order chi connectivity index (χ1) is 12.7. The van der Waals surface area contributed by atoms with E-state index < -0.39 is 0 Å². The van der Waals surface area contributed by atoms with Gasteiger partial charge in [0, 0.05) is 18.7 Å². The summed E-state index contributed by atoms with van der Waals surface area (Å²) in [5, 5.41) is 0. The van der Waals surface area contributed by atoms with Gasteiger partial charge in [-0.15, -0.1) is 11.6 Å². The molecule has 0 unspecified atom stereocenters. The highest BCUT2D eigenvalue weighted by Crippen LogP contribution is 2.10. The molecule has 0 amide bonds. The number of rotatable bonds is 19. The van der Waals surface area contributed by atoms with Crippen LogP contribution in [-0.2, 0) is 19.1 Å². The van der Waals surface area contributed by atoms with Crippen molar-refractivity contribution in [1.29, 1.82) is 0 Å². The normalized spacial score (nSPS) is 10.7. The smallest absolute Gasteiger partial charge is 0.305 e. The lowest BCUT2D eigenvalue weighted by Gasteiger charge is -2.05. The molecule has 0 N–H and O–H groups in total. The summed E-state index contributed by atoms with van der Waals surface area (Å²) in [4.78, 5) is 22.9. The molecule has 0 rings (SSSR count). The third-order valence-electron chi connectivity index (χ3n) is 4.27. The van der Waals surface area contributed by atoms with Crippen LogP contribution >= 0.6 is 11.6 Å². The Balaban J connectivity index is 3.23. The first-order valence-corrected chi connectivity index (χ1v) is 11.1. The number of alkyl halides is 1. The van der Waals surface area contributed by atoms with Crippen LogP contribution in [0.2, 0.25) is 0 Å². The summed E-state index contributed by atoms with van der Waals surface area (Å²) in [6, 6.07) is 0. The summed E-state index contributed by atoms with van der Waals surface area (Å²) in [5.74, 6) is 0.612. The van der Waals surface area contributed by atoms with Crippen LogP contribution < -0.4 is 0 Å². The number of hydrogen-bond donors (Lipinski definition) is 0. The van der Waals surface area contributed by atoms with Gasteiger partial charge in [0.25, 0.3) is 0 Å². The Morgan fingerprint density at radius 1 is 0.615 bits per heavy atom. The van der Waals surface area contributed by atoms with Crippen molar-refractivity contribution in [2.75, 3.05) is 19.1 Å². The van der Waals surface area contributed by atoms with Gasteiger partial charge in [0.05, 0.1) is 13.2 Å². The summed E-state index contributed by atoms with van der Waals surface area (Å²) >= 11 is 5.63. The van der Waals surface area contributed by atoms with Gasteiger partial charge in [-0.25, -0.2) is 0 Å². The summed E-state index contributed by atoms with van der Waals surface area (Å²) in [6.07, 6.45) is 14.9. The minimum absolute atomic E-state index is 0.0641. The van der Waals surface area contributed by atoms with E-state index in [1.165, 1.54) is 19.3 Å². The number of halogens is 1. The second kappa shape index (κ2) is 20.5. The zero-order chi connectivity index (χ0) is 19.3. The lowest BCUT2D eigenvalue weighted by molar-refractivity contribution is -0.144. The fourth-order valence-electron chi connectivity index (χ4n) is 2.70. The van der Waals surface area contributed by atoms with E-state index >= 15 is 0 Å². The zero-order valence-corrected chi connectivity index (χ0v) is 17.5. The van der Waals surface area contributed by atoms with Gasteiger partial charge in [0.2, 0.25) is 0 Å². The maximum atomic E-state index is 11.6. The van der Waals surface area contributed by atoms with Gasteiger partial charge in [0.1, 0.15) is 0 Å². The van der Waals surface area contributed by atoms with Crippen LogP contribution in [0.15, 0.2) is 0 Å². The Hall–Kier alpha value is -0.770. The standard InChI is InChI=1S/C21H39ClO4/c1-2-18-25-20(23)15-11-7-3-4-8-12-16-21(24)26-19-14-10-6-5-9-13-17-22/h2-19H2,1H3. The molecular formula is C21H39ClO4. The molecule has 0 radical (unpaired) electrons. The van der Waals surface area contributed by atoms with Crippen molar-refractivity contribution in [1.82, 2.24) is 0 Å². The monoisotopic (exact) mass is 390 g/mol. The van der Waals surface area contributed by atoms with Gasteiger partial charge in [-0.05, 0) is 32.1 Å². The molecular weight excluding hydrogens is 352 g/mol. The molecule has 0 heterocycles. The minimum atomic E-state index is -0.0788. The minimum Gasteiger partial charge on any atom is -0.466 e. The molecule has 0 aromatic rings. The molecule has 0 bridgehead atoms. The van der Waals surface area contributed by atoms with E-state index in [-0.39, 0.29) is 11.9 Å². The predicted molar refractivity (Wildman–Crippen MR) is 108 cm³/mol. The van der Waals surface area contributed by atoms with Crippen molar-refractivity contribution in [3.05, 3.63) is 0 Å². The Morgan fingerprint density at radius 2 is 1.04 bits per heavy atom. The summed E-state index contributed by atoms with van der Waals surface area (Å²) < 4.78 is 10.3.